The average Bonchev–Trinajstić information content (AvgIpc) is 2.69. The summed E-state index contributed by atoms with van der Waals surface area (Å²) in [6.45, 7) is 0.268. The van der Waals surface area contributed by atoms with E-state index in [2.05, 4.69) is 20.6 Å². The molecule has 0 unspecified atom stereocenters. The number of rotatable bonds is 5. The first-order chi connectivity index (χ1) is 13.0. The van der Waals surface area contributed by atoms with Gasteiger partial charge in [0.1, 0.15) is 11.6 Å². The van der Waals surface area contributed by atoms with Crippen LogP contribution in [0.2, 0.25) is 0 Å². The molecule has 2 aromatic heterocycles. The summed E-state index contributed by atoms with van der Waals surface area (Å²) in [5, 5.41) is 5.01. The van der Waals surface area contributed by atoms with Gasteiger partial charge in [-0.3, -0.25) is 19.6 Å². The molecule has 0 atom stereocenters. The predicted octanol–water partition coefficient (Wildman–Crippen LogP) is 2.94. The maximum atomic E-state index is 13.7. The van der Waals surface area contributed by atoms with Crippen LogP contribution in [0.3, 0.4) is 0 Å². The van der Waals surface area contributed by atoms with Gasteiger partial charge in [0, 0.05) is 37.4 Å². The monoisotopic (exact) mass is 368 g/mol. The number of hydrogen-bond donors (Lipinski definition) is 2. The molecule has 3 aromatic rings. The Morgan fingerprint density at radius 3 is 2.41 bits per heavy atom. The molecule has 27 heavy (non-hydrogen) atoms. The predicted molar refractivity (Wildman–Crippen MR) is 94.0 cm³/mol. The highest BCUT2D eigenvalue weighted by molar-refractivity contribution is 6.05. The first-order valence-electron chi connectivity index (χ1n) is 7.91. The van der Waals surface area contributed by atoms with Crippen molar-refractivity contribution < 1.29 is 18.4 Å². The van der Waals surface area contributed by atoms with Crippen molar-refractivity contribution in [3.8, 4) is 0 Å². The van der Waals surface area contributed by atoms with Gasteiger partial charge in [-0.25, -0.2) is 8.78 Å². The topological polar surface area (TPSA) is 84.0 Å². The van der Waals surface area contributed by atoms with Crippen molar-refractivity contribution in [1.82, 2.24) is 15.3 Å². The summed E-state index contributed by atoms with van der Waals surface area (Å²) in [6, 6.07) is 7.70. The lowest BCUT2D eigenvalue weighted by Gasteiger charge is -2.08. The minimum absolute atomic E-state index is 0.0627. The number of aromatic nitrogens is 2. The highest BCUT2D eigenvalue weighted by Gasteiger charge is 2.13. The van der Waals surface area contributed by atoms with Crippen molar-refractivity contribution in [1.29, 1.82) is 0 Å². The molecule has 0 aliphatic heterocycles. The van der Waals surface area contributed by atoms with Crippen LogP contribution in [0.15, 0.2) is 61.2 Å². The smallest absolute Gasteiger partial charge is 0.257 e. The fourth-order valence-corrected chi connectivity index (χ4v) is 2.26. The fourth-order valence-electron chi connectivity index (χ4n) is 2.26. The number of halogens is 2. The van der Waals surface area contributed by atoms with Gasteiger partial charge >= 0.3 is 0 Å². The number of benzene rings is 1. The molecule has 2 amide bonds. The Bertz CT molecular complexity index is 980. The molecular weight excluding hydrogens is 354 g/mol. The van der Waals surface area contributed by atoms with Gasteiger partial charge in [-0.15, -0.1) is 0 Å². The molecule has 0 bridgehead atoms. The largest absolute Gasteiger partial charge is 0.348 e. The number of nitrogens with one attached hydrogen (secondary N) is 2. The third kappa shape index (κ3) is 4.69. The molecule has 0 fully saturated rings. The van der Waals surface area contributed by atoms with Crippen molar-refractivity contribution in [2.45, 2.75) is 6.54 Å². The SMILES string of the molecule is O=C(NCc1cccnc1)c1cncc(C(=O)Nc2ccc(F)cc2F)c1. The van der Waals surface area contributed by atoms with E-state index in [1.54, 1.807) is 18.5 Å². The maximum Gasteiger partial charge on any atom is 0.257 e. The van der Waals surface area contributed by atoms with Crippen LogP contribution in [0.5, 0.6) is 0 Å². The molecule has 6 nitrogen and oxygen atoms in total. The highest BCUT2D eigenvalue weighted by Crippen LogP contribution is 2.16. The Labute approximate surface area is 153 Å². The normalized spacial score (nSPS) is 10.3. The standard InChI is InChI=1S/C19H14F2N4O2/c20-15-3-4-17(16(21)7-15)25-19(27)14-6-13(10-23-11-14)18(26)24-9-12-2-1-5-22-8-12/h1-8,10-11H,9H2,(H,24,26)(H,25,27). The van der Waals surface area contributed by atoms with Gasteiger partial charge in [0.2, 0.25) is 0 Å². The molecule has 0 aliphatic rings. The molecule has 0 radical (unpaired) electrons. The molecule has 2 heterocycles. The Hall–Kier alpha value is -3.68. The van der Waals surface area contributed by atoms with E-state index in [9.17, 15) is 18.4 Å². The summed E-state index contributed by atoms with van der Waals surface area (Å²) in [4.78, 5) is 32.3. The van der Waals surface area contributed by atoms with Crippen LogP contribution in [0, 0.1) is 11.6 Å². The summed E-state index contributed by atoms with van der Waals surface area (Å²) in [5.41, 5.74) is 0.881. The van der Waals surface area contributed by atoms with Gasteiger partial charge in [0.05, 0.1) is 16.8 Å². The lowest BCUT2D eigenvalue weighted by Crippen LogP contribution is -2.23. The first-order valence-corrected chi connectivity index (χ1v) is 7.91. The van der Waals surface area contributed by atoms with Crippen LogP contribution in [-0.4, -0.2) is 21.8 Å². The zero-order valence-corrected chi connectivity index (χ0v) is 13.9. The van der Waals surface area contributed by atoms with E-state index >= 15 is 0 Å². The van der Waals surface area contributed by atoms with Crippen LogP contribution in [0.4, 0.5) is 14.5 Å². The van der Waals surface area contributed by atoms with E-state index in [0.717, 1.165) is 17.7 Å². The number of anilines is 1. The van der Waals surface area contributed by atoms with Gasteiger partial charge in [-0.05, 0) is 29.8 Å². The molecule has 8 heteroatoms. The van der Waals surface area contributed by atoms with Gasteiger partial charge in [-0.1, -0.05) is 6.07 Å². The first kappa shape index (κ1) is 18.1. The van der Waals surface area contributed by atoms with Gasteiger partial charge in [-0.2, -0.15) is 0 Å². The highest BCUT2D eigenvalue weighted by atomic mass is 19.1. The number of pyridine rings is 2. The Kier molecular flexibility index (Phi) is 5.46. The lowest BCUT2D eigenvalue weighted by molar-refractivity contribution is 0.0950. The molecule has 2 N–H and O–H groups in total. The minimum Gasteiger partial charge on any atom is -0.348 e. The van der Waals surface area contributed by atoms with Gasteiger partial charge in [0.15, 0.2) is 0 Å². The zero-order valence-electron chi connectivity index (χ0n) is 13.9. The van der Waals surface area contributed by atoms with E-state index in [-0.39, 0.29) is 23.4 Å². The van der Waals surface area contributed by atoms with Crippen molar-refractivity contribution in [2.75, 3.05) is 5.32 Å². The second-order valence-corrected chi connectivity index (χ2v) is 5.58. The number of carbonyl (C=O) groups excluding carboxylic acids is 2. The second-order valence-electron chi connectivity index (χ2n) is 5.58. The van der Waals surface area contributed by atoms with Gasteiger partial charge < -0.3 is 10.6 Å². The Morgan fingerprint density at radius 2 is 1.70 bits per heavy atom. The van der Waals surface area contributed by atoms with E-state index in [1.807, 2.05) is 6.07 Å². The number of nitrogens with zero attached hydrogens (tertiary/aromatic N) is 2. The number of amides is 2. The van der Waals surface area contributed by atoms with Crippen molar-refractivity contribution in [3.63, 3.8) is 0 Å². The molecule has 136 valence electrons. The summed E-state index contributed by atoms with van der Waals surface area (Å²) < 4.78 is 26.6. The van der Waals surface area contributed by atoms with E-state index in [0.29, 0.717) is 6.07 Å². The van der Waals surface area contributed by atoms with Crippen molar-refractivity contribution in [3.05, 3.63) is 89.5 Å². The van der Waals surface area contributed by atoms with E-state index in [4.69, 9.17) is 0 Å². The number of carbonyl (C=O) groups is 2. The number of hydrogen-bond acceptors (Lipinski definition) is 4. The zero-order chi connectivity index (χ0) is 19.2. The summed E-state index contributed by atoms with van der Waals surface area (Å²) in [7, 11) is 0. The van der Waals surface area contributed by atoms with E-state index < -0.39 is 23.4 Å². The summed E-state index contributed by atoms with van der Waals surface area (Å²) in [6.07, 6.45) is 5.81. The quantitative estimate of drug-likeness (QED) is 0.725. The van der Waals surface area contributed by atoms with E-state index in [1.165, 1.54) is 18.5 Å². The minimum atomic E-state index is -0.901. The Balaban J connectivity index is 1.68. The maximum absolute atomic E-state index is 13.7. The van der Waals surface area contributed by atoms with Crippen LogP contribution in [0.25, 0.3) is 0 Å². The fraction of sp³-hybridized carbons (Fsp3) is 0.0526. The molecule has 0 spiro atoms. The molecule has 3 rings (SSSR count). The molecule has 0 aliphatic carbocycles. The third-order valence-corrected chi connectivity index (χ3v) is 3.62. The molecular formula is C19H14F2N4O2. The van der Waals surface area contributed by atoms with Crippen molar-refractivity contribution >= 4 is 17.5 Å². The van der Waals surface area contributed by atoms with Gasteiger partial charge in [0.25, 0.3) is 11.8 Å². The van der Waals surface area contributed by atoms with Crippen LogP contribution < -0.4 is 10.6 Å². The summed E-state index contributed by atoms with van der Waals surface area (Å²) in [5.74, 6) is -2.75. The molecule has 0 saturated heterocycles. The summed E-state index contributed by atoms with van der Waals surface area (Å²) >= 11 is 0. The third-order valence-electron chi connectivity index (χ3n) is 3.62. The lowest BCUT2D eigenvalue weighted by atomic mass is 10.1. The van der Waals surface area contributed by atoms with Crippen LogP contribution >= 0.6 is 0 Å². The Morgan fingerprint density at radius 1 is 0.926 bits per heavy atom. The van der Waals surface area contributed by atoms with Crippen LogP contribution in [0.1, 0.15) is 26.3 Å². The van der Waals surface area contributed by atoms with Crippen LogP contribution in [-0.2, 0) is 6.54 Å². The second kappa shape index (κ2) is 8.13. The molecule has 0 saturated carbocycles. The molecule has 1 aromatic carbocycles. The van der Waals surface area contributed by atoms with Crippen molar-refractivity contribution in [2.24, 2.45) is 0 Å². The average molecular weight is 368 g/mol.